The van der Waals surface area contributed by atoms with E-state index >= 15 is 0 Å². The molecule has 0 unspecified atom stereocenters. The van der Waals surface area contributed by atoms with Crippen molar-refractivity contribution in [1.29, 1.82) is 0 Å². The molecule has 6 heteroatoms. The molecule has 118 valence electrons. The molecular weight excluding hydrogens is 281 g/mol. The Morgan fingerprint density at radius 1 is 1.09 bits per heavy atom. The summed E-state index contributed by atoms with van der Waals surface area (Å²) in [6.07, 6.45) is 3.68. The lowest BCUT2D eigenvalue weighted by Crippen LogP contribution is -2.27. The fourth-order valence-corrected chi connectivity index (χ4v) is 2.16. The topological polar surface area (TPSA) is 53.9 Å². The molecule has 0 saturated heterocycles. The molecule has 0 aliphatic carbocycles. The molecule has 0 saturated carbocycles. The Labute approximate surface area is 130 Å². The molecule has 2 aromatic rings. The van der Waals surface area contributed by atoms with Crippen molar-refractivity contribution < 1.29 is 4.39 Å². The predicted octanol–water partition coefficient (Wildman–Crippen LogP) is 3.25. The van der Waals surface area contributed by atoms with Gasteiger partial charge in [0.05, 0.1) is 6.20 Å². The van der Waals surface area contributed by atoms with Crippen LogP contribution in [0.4, 0.5) is 16.2 Å². The Morgan fingerprint density at radius 3 is 2.41 bits per heavy atom. The highest BCUT2D eigenvalue weighted by molar-refractivity contribution is 5.39. The summed E-state index contributed by atoms with van der Waals surface area (Å²) in [6.45, 7) is 6.66. The van der Waals surface area contributed by atoms with Crippen LogP contribution in [0.1, 0.15) is 32.3 Å². The van der Waals surface area contributed by atoms with Crippen LogP contribution in [0.3, 0.4) is 0 Å². The van der Waals surface area contributed by atoms with E-state index in [4.69, 9.17) is 0 Å². The minimum absolute atomic E-state index is 0.232. The summed E-state index contributed by atoms with van der Waals surface area (Å²) < 4.78 is 12.9. The molecular formula is C16H22FN5. The predicted molar refractivity (Wildman–Crippen MR) is 86.3 cm³/mol. The third kappa shape index (κ3) is 4.65. The molecule has 1 aromatic carbocycles. The van der Waals surface area contributed by atoms with Gasteiger partial charge in [-0.05, 0) is 30.5 Å². The Bertz CT molecular complexity index is 567. The van der Waals surface area contributed by atoms with Gasteiger partial charge in [0.2, 0.25) is 5.95 Å². The molecule has 5 nitrogen and oxygen atoms in total. The van der Waals surface area contributed by atoms with Gasteiger partial charge in [0, 0.05) is 19.6 Å². The molecule has 0 aliphatic rings. The van der Waals surface area contributed by atoms with Crippen molar-refractivity contribution in [1.82, 2.24) is 15.2 Å². The van der Waals surface area contributed by atoms with Gasteiger partial charge in [-0.1, -0.05) is 26.0 Å². The molecule has 0 aliphatic heterocycles. The van der Waals surface area contributed by atoms with Crippen molar-refractivity contribution in [2.45, 2.75) is 33.2 Å². The molecule has 1 heterocycles. The van der Waals surface area contributed by atoms with Crippen molar-refractivity contribution in [2.75, 3.05) is 23.3 Å². The van der Waals surface area contributed by atoms with E-state index in [2.05, 4.69) is 39.2 Å². The zero-order chi connectivity index (χ0) is 15.8. The standard InChI is InChI=1S/C16H22FN5/c1-3-9-22(10-4-2)16-20-15(12-19-21-16)18-11-13-5-7-14(17)8-6-13/h5-8,12H,3-4,9-11H2,1-2H3,(H,18,20,21). The molecule has 0 fully saturated rings. The minimum Gasteiger partial charge on any atom is -0.365 e. The van der Waals surface area contributed by atoms with Gasteiger partial charge < -0.3 is 10.2 Å². The third-order valence-electron chi connectivity index (χ3n) is 3.20. The van der Waals surface area contributed by atoms with E-state index < -0.39 is 0 Å². The lowest BCUT2D eigenvalue weighted by Gasteiger charge is -2.21. The lowest BCUT2D eigenvalue weighted by molar-refractivity contribution is 0.627. The number of rotatable bonds is 8. The largest absolute Gasteiger partial charge is 0.365 e. The van der Waals surface area contributed by atoms with Crippen LogP contribution >= 0.6 is 0 Å². The summed E-state index contributed by atoms with van der Waals surface area (Å²) >= 11 is 0. The van der Waals surface area contributed by atoms with Gasteiger partial charge in [0.15, 0.2) is 5.82 Å². The lowest BCUT2D eigenvalue weighted by atomic mass is 10.2. The average molecular weight is 303 g/mol. The first kappa shape index (κ1) is 16.1. The molecule has 0 bridgehead atoms. The van der Waals surface area contributed by atoms with Gasteiger partial charge in [0.25, 0.3) is 0 Å². The van der Waals surface area contributed by atoms with Crippen LogP contribution in [-0.2, 0) is 6.54 Å². The van der Waals surface area contributed by atoms with E-state index in [1.54, 1.807) is 18.3 Å². The summed E-state index contributed by atoms with van der Waals surface area (Å²) in [6, 6.07) is 6.40. The van der Waals surface area contributed by atoms with E-state index in [-0.39, 0.29) is 5.82 Å². The number of anilines is 2. The molecule has 22 heavy (non-hydrogen) atoms. The third-order valence-corrected chi connectivity index (χ3v) is 3.20. The van der Waals surface area contributed by atoms with Gasteiger partial charge >= 0.3 is 0 Å². The normalized spacial score (nSPS) is 10.5. The van der Waals surface area contributed by atoms with Crippen LogP contribution in [0.25, 0.3) is 0 Å². The number of benzene rings is 1. The highest BCUT2D eigenvalue weighted by Gasteiger charge is 2.09. The van der Waals surface area contributed by atoms with Gasteiger partial charge in [0.1, 0.15) is 5.82 Å². The van der Waals surface area contributed by atoms with Crippen LogP contribution in [0, 0.1) is 5.82 Å². The summed E-state index contributed by atoms with van der Waals surface area (Å²) in [5, 5.41) is 11.3. The highest BCUT2D eigenvalue weighted by Crippen LogP contribution is 2.12. The first-order valence-electron chi connectivity index (χ1n) is 7.66. The minimum atomic E-state index is -0.232. The Balaban J connectivity index is 2.02. The molecule has 1 aromatic heterocycles. The number of aromatic nitrogens is 3. The van der Waals surface area contributed by atoms with Gasteiger partial charge in [-0.25, -0.2) is 4.39 Å². The highest BCUT2D eigenvalue weighted by atomic mass is 19.1. The quantitative estimate of drug-likeness (QED) is 0.811. The zero-order valence-electron chi connectivity index (χ0n) is 13.1. The second-order valence-electron chi connectivity index (χ2n) is 5.11. The van der Waals surface area contributed by atoms with E-state index in [1.165, 1.54) is 12.1 Å². The monoisotopic (exact) mass is 303 g/mol. The first-order chi connectivity index (χ1) is 10.7. The van der Waals surface area contributed by atoms with Crippen LogP contribution in [-0.4, -0.2) is 28.3 Å². The maximum Gasteiger partial charge on any atom is 0.247 e. The van der Waals surface area contributed by atoms with Gasteiger partial charge in [-0.15, -0.1) is 5.10 Å². The van der Waals surface area contributed by atoms with E-state index in [0.29, 0.717) is 18.3 Å². The van der Waals surface area contributed by atoms with Crippen molar-refractivity contribution in [2.24, 2.45) is 0 Å². The van der Waals surface area contributed by atoms with E-state index in [1.807, 2.05) is 0 Å². The van der Waals surface area contributed by atoms with Gasteiger partial charge in [-0.3, -0.25) is 0 Å². The fourth-order valence-electron chi connectivity index (χ4n) is 2.16. The summed E-state index contributed by atoms with van der Waals surface area (Å²) in [7, 11) is 0. The van der Waals surface area contributed by atoms with Crippen LogP contribution in [0.5, 0.6) is 0 Å². The molecule has 0 radical (unpaired) electrons. The van der Waals surface area contributed by atoms with Gasteiger partial charge in [-0.2, -0.15) is 10.1 Å². The number of halogens is 1. The van der Waals surface area contributed by atoms with Crippen LogP contribution in [0.2, 0.25) is 0 Å². The van der Waals surface area contributed by atoms with Crippen molar-refractivity contribution in [3.8, 4) is 0 Å². The molecule has 2 rings (SSSR count). The molecule has 0 atom stereocenters. The number of nitrogens with zero attached hydrogens (tertiary/aromatic N) is 4. The molecule has 0 amide bonds. The SMILES string of the molecule is CCCN(CCC)c1nncc(NCc2ccc(F)cc2)n1. The number of hydrogen-bond acceptors (Lipinski definition) is 5. The van der Waals surface area contributed by atoms with E-state index in [9.17, 15) is 4.39 Å². The summed E-state index contributed by atoms with van der Waals surface area (Å²) in [5.74, 6) is 1.09. The fraction of sp³-hybridized carbons (Fsp3) is 0.438. The molecule has 0 spiro atoms. The van der Waals surface area contributed by atoms with Crippen molar-refractivity contribution in [3.63, 3.8) is 0 Å². The summed E-state index contributed by atoms with van der Waals surface area (Å²) in [4.78, 5) is 6.65. The van der Waals surface area contributed by atoms with E-state index in [0.717, 1.165) is 31.5 Å². The zero-order valence-corrected chi connectivity index (χ0v) is 13.1. The molecule has 1 N–H and O–H groups in total. The van der Waals surface area contributed by atoms with Crippen LogP contribution in [0.15, 0.2) is 30.5 Å². The first-order valence-corrected chi connectivity index (χ1v) is 7.66. The Morgan fingerprint density at radius 2 is 1.77 bits per heavy atom. The van der Waals surface area contributed by atoms with Crippen molar-refractivity contribution in [3.05, 3.63) is 41.8 Å². The number of nitrogens with one attached hydrogen (secondary N) is 1. The smallest absolute Gasteiger partial charge is 0.247 e. The Hall–Kier alpha value is -2.24. The maximum atomic E-state index is 12.9. The van der Waals surface area contributed by atoms with Crippen LogP contribution < -0.4 is 10.2 Å². The second-order valence-corrected chi connectivity index (χ2v) is 5.11. The number of hydrogen-bond donors (Lipinski definition) is 1. The second kappa shape index (κ2) is 8.26. The summed E-state index contributed by atoms with van der Waals surface area (Å²) in [5.41, 5.74) is 0.987. The van der Waals surface area contributed by atoms with Crippen molar-refractivity contribution >= 4 is 11.8 Å². The Kier molecular flexibility index (Phi) is 6.06. The maximum absolute atomic E-state index is 12.9. The average Bonchev–Trinajstić information content (AvgIpc) is 2.54.